The first-order chi connectivity index (χ1) is 15.5. The van der Waals surface area contributed by atoms with Crippen molar-refractivity contribution in [2.24, 2.45) is 0 Å². The van der Waals surface area contributed by atoms with Crippen LogP contribution in [-0.2, 0) is 32.2 Å². The van der Waals surface area contributed by atoms with Crippen LogP contribution in [0.2, 0.25) is 0 Å². The molecule has 0 amide bonds. The monoisotopic (exact) mass is 446 g/mol. The topological polar surface area (TPSA) is 118 Å². The van der Waals surface area contributed by atoms with Crippen LogP contribution in [0.3, 0.4) is 0 Å². The van der Waals surface area contributed by atoms with E-state index in [0.29, 0.717) is 0 Å². The number of ether oxygens (including phenoxy) is 4. The molecule has 0 heterocycles. The Labute approximate surface area is 187 Å². The molecule has 2 aromatic rings. The van der Waals surface area contributed by atoms with Crippen LogP contribution in [-0.4, -0.2) is 70.1 Å². The molecule has 4 N–H and O–H groups in total. The highest BCUT2D eigenvalue weighted by atomic mass is 16.7. The zero-order valence-electron chi connectivity index (χ0n) is 17.6. The first-order valence-electron chi connectivity index (χ1n) is 10.4. The maximum absolute atomic E-state index is 10.9. The van der Waals surface area contributed by atoms with Crippen LogP contribution in [0.25, 0.3) is 0 Å². The quantitative estimate of drug-likeness (QED) is 0.300. The van der Waals surface area contributed by atoms with Crippen LogP contribution in [0, 0.1) is 0 Å². The molecular weight excluding hydrogens is 416 g/mol. The van der Waals surface area contributed by atoms with Gasteiger partial charge in [-0.15, -0.1) is 6.58 Å². The summed E-state index contributed by atoms with van der Waals surface area (Å²) in [7, 11) is 0. The number of benzene rings is 2. The van der Waals surface area contributed by atoms with E-state index in [1.807, 2.05) is 60.7 Å². The average molecular weight is 446 g/mol. The molecule has 0 aromatic heterocycles. The Morgan fingerprint density at radius 3 is 1.59 bits per heavy atom. The zero-order valence-corrected chi connectivity index (χ0v) is 17.6. The lowest BCUT2D eigenvalue weighted by Gasteiger charge is -2.46. The van der Waals surface area contributed by atoms with Crippen LogP contribution in [0.5, 0.6) is 0 Å². The smallest absolute Gasteiger partial charge is 0.266 e. The predicted octanol–water partition coefficient (Wildman–Crippen LogP) is 1.12. The van der Waals surface area contributed by atoms with Crippen LogP contribution < -0.4 is 0 Å². The fraction of sp³-hybridized carbons (Fsp3) is 0.417. The molecule has 0 saturated heterocycles. The van der Waals surface area contributed by atoms with Crippen LogP contribution in [0.15, 0.2) is 73.3 Å². The molecule has 0 aliphatic heterocycles. The Balaban J connectivity index is 1.84. The minimum Gasteiger partial charge on any atom is -0.387 e. The van der Waals surface area contributed by atoms with Crippen molar-refractivity contribution >= 4 is 0 Å². The molecule has 1 aliphatic rings. The lowest BCUT2D eigenvalue weighted by molar-refractivity contribution is -0.330. The summed E-state index contributed by atoms with van der Waals surface area (Å²) < 4.78 is 22.8. The second kappa shape index (κ2) is 12.2. The largest absolute Gasteiger partial charge is 0.387 e. The first-order valence-corrected chi connectivity index (χ1v) is 10.4. The molecule has 0 spiro atoms. The number of hydrogen-bond acceptors (Lipinski definition) is 8. The maximum atomic E-state index is 10.9. The third kappa shape index (κ3) is 6.44. The third-order valence-corrected chi connectivity index (χ3v) is 5.25. The van der Waals surface area contributed by atoms with E-state index in [4.69, 9.17) is 18.9 Å². The summed E-state index contributed by atoms with van der Waals surface area (Å²) in [5.74, 6) is 0. The van der Waals surface area contributed by atoms with Gasteiger partial charge in [-0.2, -0.15) is 0 Å². The van der Waals surface area contributed by atoms with E-state index in [0.717, 1.165) is 11.1 Å². The number of hydrogen-bond donors (Lipinski definition) is 4. The molecule has 0 bridgehead atoms. The minimum atomic E-state index is -2.16. The fourth-order valence-corrected chi connectivity index (χ4v) is 3.74. The molecule has 6 atom stereocenters. The summed E-state index contributed by atoms with van der Waals surface area (Å²) in [6.45, 7) is 1.78. The molecule has 32 heavy (non-hydrogen) atoms. The van der Waals surface area contributed by atoms with Crippen molar-refractivity contribution in [2.75, 3.05) is 6.61 Å². The highest BCUT2D eigenvalue weighted by Gasteiger charge is 2.53. The second-order valence-electron chi connectivity index (χ2n) is 7.52. The van der Waals surface area contributed by atoms with Gasteiger partial charge in [0.15, 0.2) is 0 Å². The first kappa shape index (κ1) is 24.5. The Morgan fingerprint density at radius 1 is 0.719 bits per heavy atom. The SMILES string of the molecule is C=CCOC1[C@@H](O)[C@H](OCc2ccccc2)C(OC(O)O)[C@@H](OCc2ccccc2)[C@H]1O. The zero-order chi connectivity index (χ0) is 22.9. The highest BCUT2D eigenvalue weighted by Crippen LogP contribution is 2.31. The summed E-state index contributed by atoms with van der Waals surface area (Å²) in [6.07, 6.45) is -5.55. The van der Waals surface area contributed by atoms with E-state index in [2.05, 4.69) is 6.58 Å². The Bertz CT molecular complexity index is 743. The molecule has 8 nitrogen and oxygen atoms in total. The molecule has 1 fully saturated rings. The van der Waals surface area contributed by atoms with Gasteiger partial charge < -0.3 is 39.4 Å². The molecule has 2 unspecified atom stereocenters. The Kier molecular flexibility index (Phi) is 9.34. The number of rotatable bonds is 11. The van der Waals surface area contributed by atoms with Crippen molar-refractivity contribution in [2.45, 2.75) is 56.3 Å². The van der Waals surface area contributed by atoms with Crippen molar-refractivity contribution in [3.63, 3.8) is 0 Å². The van der Waals surface area contributed by atoms with Gasteiger partial charge in [-0.1, -0.05) is 66.7 Å². The summed E-state index contributed by atoms with van der Waals surface area (Å²) >= 11 is 0. The van der Waals surface area contributed by atoms with E-state index in [1.54, 1.807) is 0 Å². The van der Waals surface area contributed by atoms with Crippen LogP contribution >= 0.6 is 0 Å². The van der Waals surface area contributed by atoms with Gasteiger partial charge in [0.1, 0.15) is 36.6 Å². The normalized spacial score (nSPS) is 28.0. The molecule has 1 saturated carbocycles. The van der Waals surface area contributed by atoms with Gasteiger partial charge in [0.2, 0.25) is 0 Å². The maximum Gasteiger partial charge on any atom is 0.266 e. The van der Waals surface area contributed by atoms with Gasteiger partial charge in [0.25, 0.3) is 6.48 Å². The molecule has 2 aromatic carbocycles. The van der Waals surface area contributed by atoms with Gasteiger partial charge in [-0.25, -0.2) is 0 Å². The van der Waals surface area contributed by atoms with Gasteiger partial charge in [-0.05, 0) is 11.1 Å². The summed E-state index contributed by atoms with van der Waals surface area (Å²) in [5, 5.41) is 40.9. The molecule has 8 heteroatoms. The minimum absolute atomic E-state index is 0.0870. The summed E-state index contributed by atoms with van der Waals surface area (Å²) in [4.78, 5) is 0. The van der Waals surface area contributed by atoms with Gasteiger partial charge >= 0.3 is 0 Å². The molecule has 174 valence electrons. The highest BCUT2D eigenvalue weighted by molar-refractivity contribution is 5.15. The summed E-state index contributed by atoms with van der Waals surface area (Å²) in [6, 6.07) is 18.6. The Morgan fingerprint density at radius 2 is 1.19 bits per heavy atom. The Hall–Kier alpha value is -2.14. The van der Waals surface area contributed by atoms with Crippen LogP contribution in [0.4, 0.5) is 0 Å². The van der Waals surface area contributed by atoms with Gasteiger partial charge in [-0.3, -0.25) is 0 Å². The standard InChI is InChI=1S/C24H30O8/c1-2-13-29-20-18(25)21(30-14-16-9-5-3-6-10-16)23(32-24(27)28)22(19(20)26)31-15-17-11-7-4-8-12-17/h2-12,18-28H,1,13-15H2/t18-,19+,20?,21-,22-,23?/m0/s1. The van der Waals surface area contributed by atoms with E-state index in [9.17, 15) is 20.4 Å². The van der Waals surface area contributed by atoms with Crippen molar-refractivity contribution < 1.29 is 39.4 Å². The third-order valence-electron chi connectivity index (χ3n) is 5.25. The number of aliphatic hydroxyl groups excluding tert-OH is 3. The lowest BCUT2D eigenvalue weighted by Crippen LogP contribution is -2.66. The molecule has 0 radical (unpaired) electrons. The van der Waals surface area contributed by atoms with Gasteiger partial charge in [0.05, 0.1) is 19.8 Å². The number of aliphatic hydroxyl groups is 4. The molecule has 1 aliphatic carbocycles. The lowest BCUT2D eigenvalue weighted by atomic mass is 9.84. The van der Waals surface area contributed by atoms with Crippen molar-refractivity contribution in [1.29, 1.82) is 0 Å². The van der Waals surface area contributed by atoms with E-state index in [1.165, 1.54) is 6.08 Å². The van der Waals surface area contributed by atoms with Crippen molar-refractivity contribution in [3.05, 3.63) is 84.4 Å². The van der Waals surface area contributed by atoms with Crippen molar-refractivity contribution in [1.82, 2.24) is 0 Å². The van der Waals surface area contributed by atoms with Crippen LogP contribution in [0.1, 0.15) is 11.1 Å². The fourth-order valence-electron chi connectivity index (χ4n) is 3.74. The van der Waals surface area contributed by atoms with E-state index >= 15 is 0 Å². The molecule has 3 rings (SSSR count). The van der Waals surface area contributed by atoms with E-state index in [-0.39, 0.29) is 19.8 Å². The van der Waals surface area contributed by atoms with Gasteiger partial charge in [0, 0.05) is 0 Å². The van der Waals surface area contributed by atoms with Crippen molar-refractivity contribution in [3.8, 4) is 0 Å². The predicted molar refractivity (Wildman–Crippen MR) is 115 cm³/mol. The average Bonchev–Trinajstić information content (AvgIpc) is 2.79. The van der Waals surface area contributed by atoms with E-state index < -0.39 is 43.1 Å². The summed E-state index contributed by atoms with van der Waals surface area (Å²) in [5.41, 5.74) is 1.69. The second-order valence-corrected chi connectivity index (χ2v) is 7.52. The molecular formula is C24H30O8.